The van der Waals surface area contributed by atoms with Gasteiger partial charge in [0, 0.05) is 34.9 Å². The number of anilines is 2. The van der Waals surface area contributed by atoms with Gasteiger partial charge in [-0.2, -0.15) is 4.98 Å². The average Bonchev–Trinajstić information content (AvgIpc) is 3.21. The Morgan fingerprint density at radius 3 is 2.77 bits per heavy atom. The monoisotopic (exact) mass is 365 g/mol. The SMILES string of the molecule is c1cncc(-c2cc(NCc3cccs3)nc(NC3CCCCC3)n2)c1. The van der Waals surface area contributed by atoms with Gasteiger partial charge in [0.25, 0.3) is 0 Å². The number of nitrogens with zero attached hydrogens (tertiary/aromatic N) is 3. The molecule has 4 rings (SSSR count). The van der Waals surface area contributed by atoms with Crippen molar-refractivity contribution in [3.63, 3.8) is 0 Å². The highest BCUT2D eigenvalue weighted by atomic mass is 32.1. The van der Waals surface area contributed by atoms with E-state index in [4.69, 9.17) is 9.97 Å². The maximum absolute atomic E-state index is 4.74. The van der Waals surface area contributed by atoms with E-state index in [0.29, 0.717) is 12.0 Å². The standard InChI is InChI=1S/C20H23N5S/c1-2-7-16(8-3-1)23-20-24-18(15-6-4-10-21-13-15)12-19(25-20)22-14-17-9-5-11-26-17/h4-6,9-13,16H,1-3,7-8,14H2,(H2,22,23,24,25). The predicted octanol–water partition coefficient (Wildman–Crippen LogP) is 4.96. The molecule has 3 aromatic rings. The third-order valence-corrected chi connectivity index (χ3v) is 5.52. The lowest BCUT2D eigenvalue weighted by atomic mass is 9.96. The molecule has 0 amide bonds. The lowest BCUT2D eigenvalue weighted by molar-refractivity contribution is 0.461. The zero-order valence-electron chi connectivity index (χ0n) is 14.7. The number of aromatic nitrogens is 3. The molecule has 5 nitrogen and oxygen atoms in total. The van der Waals surface area contributed by atoms with Crippen LogP contribution in [0.2, 0.25) is 0 Å². The highest BCUT2D eigenvalue weighted by Crippen LogP contribution is 2.24. The fourth-order valence-electron chi connectivity index (χ4n) is 3.28. The largest absolute Gasteiger partial charge is 0.365 e. The van der Waals surface area contributed by atoms with Crippen LogP contribution in [0.3, 0.4) is 0 Å². The molecule has 134 valence electrons. The number of thiophene rings is 1. The van der Waals surface area contributed by atoms with Gasteiger partial charge in [0.1, 0.15) is 5.82 Å². The van der Waals surface area contributed by atoms with Gasteiger partial charge in [-0.15, -0.1) is 11.3 Å². The van der Waals surface area contributed by atoms with E-state index < -0.39 is 0 Å². The number of hydrogen-bond donors (Lipinski definition) is 2. The van der Waals surface area contributed by atoms with Crippen LogP contribution in [0, 0.1) is 0 Å². The molecule has 0 aliphatic heterocycles. The van der Waals surface area contributed by atoms with E-state index in [9.17, 15) is 0 Å². The number of nitrogens with one attached hydrogen (secondary N) is 2. The van der Waals surface area contributed by atoms with E-state index in [0.717, 1.165) is 23.6 Å². The van der Waals surface area contributed by atoms with Crippen LogP contribution in [0.15, 0.2) is 48.1 Å². The second-order valence-electron chi connectivity index (χ2n) is 6.62. The van der Waals surface area contributed by atoms with E-state index in [-0.39, 0.29) is 0 Å². The first-order chi connectivity index (χ1) is 12.9. The highest BCUT2D eigenvalue weighted by molar-refractivity contribution is 7.09. The second kappa shape index (κ2) is 8.27. The van der Waals surface area contributed by atoms with E-state index in [1.807, 2.05) is 24.4 Å². The summed E-state index contributed by atoms with van der Waals surface area (Å²) < 4.78 is 0. The number of pyridine rings is 1. The highest BCUT2D eigenvalue weighted by Gasteiger charge is 2.15. The molecule has 3 heterocycles. The summed E-state index contributed by atoms with van der Waals surface area (Å²) in [5.41, 5.74) is 1.89. The van der Waals surface area contributed by atoms with Crippen molar-refractivity contribution in [2.45, 2.75) is 44.7 Å². The summed E-state index contributed by atoms with van der Waals surface area (Å²) in [7, 11) is 0. The molecular formula is C20H23N5S. The molecule has 0 bridgehead atoms. The van der Waals surface area contributed by atoms with Gasteiger partial charge in [0.2, 0.25) is 5.95 Å². The lowest BCUT2D eigenvalue weighted by Gasteiger charge is -2.23. The minimum Gasteiger partial charge on any atom is -0.365 e. The molecule has 26 heavy (non-hydrogen) atoms. The molecule has 0 unspecified atom stereocenters. The maximum Gasteiger partial charge on any atom is 0.225 e. The summed E-state index contributed by atoms with van der Waals surface area (Å²) in [4.78, 5) is 15.0. The molecule has 6 heteroatoms. The third kappa shape index (κ3) is 4.38. The fourth-order valence-corrected chi connectivity index (χ4v) is 3.93. The molecule has 0 saturated heterocycles. The molecule has 0 spiro atoms. The Hall–Kier alpha value is -2.47. The molecule has 1 aliphatic rings. The van der Waals surface area contributed by atoms with Gasteiger partial charge in [-0.3, -0.25) is 4.98 Å². The summed E-state index contributed by atoms with van der Waals surface area (Å²) >= 11 is 1.74. The average molecular weight is 366 g/mol. The Bertz CT molecular complexity index is 813. The van der Waals surface area contributed by atoms with Gasteiger partial charge in [-0.1, -0.05) is 25.3 Å². The molecule has 0 atom stereocenters. The second-order valence-corrected chi connectivity index (χ2v) is 7.65. The van der Waals surface area contributed by atoms with Gasteiger partial charge in [-0.25, -0.2) is 4.98 Å². The first kappa shape index (κ1) is 17.0. The van der Waals surface area contributed by atoms with E-state index in [2.05, 4.69) is 33.1 Å². The van der Waals surface area contributed by atoms with Crippen LogP contribution >= 0.6 is 11.3 Å². The normalized spacial score (nSPS) is 14.9. The minimum absolute atomic E-state index is 0.470. The quantitative estimate of drug-likeness (QED) is 0.647. The summed E-state index contributed by atoms with van der Waals surface area (Å²) in [6.07, 6.45) is 9.91. The van der Waals surface area contributed by atoms with Crippen LogP contribution in [0.1, 0.15) is 37.0 Å². The molecule has 1 aliphatic carbocycles. The summed E-state index contributed by atoms with van der Waals surface area (Å²) in [6.45, 7) is 0.768. The summed E-state index contributed by atoms with van der Waals surface area (Å²) in [5, 5.41) is 9.07. The van der Waals surface area contributed by atoms with Crippen molar-refractivity contribution in [3.8, 4) is 11.3 Å². The molecule has 3 aromatic heterocycles. The van der Waals surface area contributed by atoms with Gasteiger partial charge in [0.05, 0.1) is 12.2 Å². The van der Waals surface area contributed by atoms with Crippen molar-refractivity contribution in [1.82, 2.24) is 15.0 Å². The zero-order chi connectivity index (χ0) is 17.6. The van der Waals surface area contributed by atoms with Crippen molar-refractivity contribution in [2.24, 2.45) is 0 Å². The van der Waals surface area contributed by atoms with Crippen LogP contribution < -0.4 is 10.6 Å². The number of hydrogen-bond acceptors (Lipinski definition) is 6. The Labute approximate surface area is 157 Å². The van der Waals surface area contributed by atoms with Crippen LogP contribution in [-0.4, -0.2) is 21.0 Å². The summed E-state index contributed by atoms with van der Waals surface area (Å²) in [6, 6.07) is 10.6. The van der Waals surface area contributed by atoms with E-state index >= 15 is 0 Å². The molecule has 1 saturated carbocycles. The summed E-state index contributed by atoms with van der Waals surface area (Å²) in [5.74, 6) is 1.54. The lowest BCUT2D eigenvalue weighted by Crippen LogP contribution is -2.23. The van der Waals surface area contributed by atoms with Crippen LogP contribution in [0.4, 0.5) is 11.8 Å². The minimum atomic E-state index is 0.470. The van der Waals surface area contributed by atoms with Gasteiger partial charge >= 0.3 is 0 Å². The Kier molecular flexibility index (Phi) is 5.40. The van der Waals surface area contributed by atoms with Gasteiger partial charge < -0.3 is 10.6 Å². The van der Waals surface area contributed by atoms with Crippen LogP contribution in [0.25, 0.3) is 11.3 Å². The van der Waals surface area contributed by atoms with Crippen molar-refractivity contribution in [3.05, 3.63) is 53.0 Å². The van der Waals surface area contributed by atoms with Gasteiger partial charge in [0.15, 0.2) is 0 Å². The molecule has 0 aromatic carbocycles. The Morgan fingerprint density at radius 1 is 1.08 bits per heavy atom. The third-order valence-electron chi connectivity index (χ3n) is 4.65. The fraction of sp³-hybridized carbons (Fsp3) is 0.350. The van der Waals surface area contributed by atoms with Crippen molar-refractivity contribution in [1.29, 1.82) is 0 Å². The molecule has 2 N–H and O–H groups in total. The molecule has 1 fully saturated rings. The first-order valence-corrected chi connectivity index (χ1v) is 10.1. The number of rotatable bonds is 6. The maximum atomic E-state index is 4.74. The Balaban J connectivity index is 1.58. The Morgan fingerprint density at radius 2 is 2.00 bits per heavy atom. The van der Waals surface area contributed by atoms with Crippen LogP contribution in [-0.2, 0) is 6.54 Å². The zero-order valence-corrected chi connectivity index (χ0v) is 15.5. The topological polar surface area (TPSA) is 62.7 Å². The molecule has 0 radical (unpaired) electrons. The van der Waals surface area contributed by atoms with E-state index in [1.165, 1.54) is 37.0 Å². The van der Waals surface area contributed by atoms with E-state index in [1.54, 1.807) is 17.5 Å². The predicted molar refractivity (Wildman–Crippen MR) is 107 cm³/mol. The smallest absolute Gasteiger partial charge is 0.225 e. The van der Waals surface area contributed by atoms with Crippen LogP contribution in [0.5, 0.6) is 0 Å². The first-order valence-electron chi connectivity index (χ1n) is 9.19. The molecular weight excluding hydrogens is 342 g/mol. The van der Waals surface area contributed by atoms with Crippen molar-refractivity contribution >= 4 is 23.1 Å². The van der Waals surface area contributed by atoms with Crippen molar-refractivity contribution < 1.29 is 0 Å². The van der Waals surface area contributed by atoms with Gasteiger partial charge in [-0.05, 0) is 36.4 Å². The van der Waals surface area contributed by atoms with Crippen molar-refractivity contribution in [2.75, 3.05) is 10.6 Å².